The number of rotatable bonds is 8. The van der Waals surface area contributed by atoms with Crippen LogP contribution >= 0.6 is 11.6 Å². The van der Waals surface area contributed by atoms with Crippen LogP contribution in [0.4, 0.5) is 0 Å². The third kappa shape index (κ3) is 6.36. The zero-order valence-corrected chi connectivity index (χ0v) is 19.8. The van der Waals surface area contributed by atoms with Gasteiger partial charge < -0.3 is 15.3 Å². The molecule has 2 aromatic carbocycles. The van der Waals surface area contributed by atoms with Crippen molar-refractivity contribution in [2.75, 3.05) is 13.1 Å². The van der Waals surface area contributed by atoms with Crippen LogP contribution in [0.25, 0.3) is 0 Å². The Morgan fingerprint density at radius 3 is 2.42 bits per heavy atom. The van der Waals surface area contributed by atoms with E-state index < -0.39 is 0 Å². The highest BCUT2D eigenvalue weighted by Crippen LogP contribution is 2.31. The molecule has 4 rings (SSSR count). The molecule has 2 N–H and O–H groups in total. The van der Waals surface area contributed by atoms with Gasteiger partial charge in [-0.25, -0.2) is 0 Å². The van der Waals surface area contributed by atoms with E-state index in [9.17, 15) is 14.7 Å². The Morgan fingerprint density at radius 2 is 1.79 bits per heavy atom. The van der Waals surface area contributed by atoms with Crippen molar-refractivity contribution < 1.29 is 14.7 Å². The maximum atomic E-state index is 13.0. The van der Waals surface area contributed by atoms with Gasteiger partial charge in [0.15, 0.2) is 0 Å². The summed E-state index contributed by atoms with van der Waals surface area (Å²) in [4.78, 5) is 26.9. The fourth-order valence-electron chi connectivity index (χ4n) is 5.24. The van der Waals surface area contributed by atoms with Crippen LogP contribution in [0.5, 0.6) is 0 Å². The van der Waals surface area contributed by atoms with E-state index in [4.69, 9.17) is 11.6 Å². The number of carbonyl (C=O) groups excluding carboxylic acids is 2. The summed E-state index contributed by atoms with van der Waals surface area (Å²) in [6.07, 6.45) is 4.95. The normalized spacial score (nSPS) is 22.2. The second-order valence-electron chi connectivity index (χ2n) is 9.61. The molecule has 2 heterocycles. The number of hydrogen-bond donors (Lipinski definition) is 2. The van der Waals surface area contributed by atoms with Crippen molar-refractivity contribution in [2.45, 2.75) is 63.0 Å². The lowest BCUT2D eigenvalue weighted by atomic mass is 9.84. The molecular formula is C27H33ClN2O3. The quantitative estimate of drug-likeness (QED) is 0.611. The van der Waals surface area contributed by atoms with E-state index in [-0.39, 0.29) is 29.4 Å². The number of benzene rings is 2. The van der Waals surface area contributed by atoms with Crippen molar-refractivity contribution in [3.05, 3.63) is 70.7 Å². The summed E-state index contributed by atoms with van der Waals surface area (Å²) in [5, 5.41) is 14.5. The fourth-order valence-corrected chi connectivity index (χ4v) is 5.36. The zero-order chi connectivity index (χ0) is 23.3. The molecule has 2 fully saturated rings. The predicted molar refractivity (Wildman–Crippen MR) is 130 cm³/mol. The Hall–Kier alpha value is -2.37. The average Bonchev–Trinajstić information content (AvgIpc) is 3.20. The molecule has 0 aromatic heterocycles. The summed E-state index contributed by atoms with van der Waals surface area (Å²) in [6.45, 7) is 1.37. The number of likely N-dealkylation sites (tertiary alicyclic amines) is 1. The largest absolute Gasteiger partial charge is 0.392 e. The van der Waals surface area contributed by atoms with Crippen molar-refractivity contribution in [2.24, 2.45) is 5.92 Å². The molecule has 0 spiro atoms. The molecule has 0 radical (unpaired) electrons. The minimum atomic E-state index is -0.374. The third-order valence-electron chi connectivity index (χ3n) is 7.23. The highest BCUT2D eigenvalue weighted by atomic mass is 35.5. The van der Waals surface area contributed by atoms with Gasteiger partial charge in [-0.1, -0.05) is 54.1 Å². The molecule has 0 bridgehead atoms. The molecule has 2 aromatic rings. The van der Waals surface area contributed by atoms with Crippen LogP contribution in [-0.2, 0) is 22.4 Å². The lowest BCUT2D eigenvalue weighted by Gasteiger charge is -2.35. The first-order valence-electron chi connectivity index (χ1n) is 12.0. The Bertz CT molecular complexity index is 942. The highest BCUT2D eigenvalue weighted by molar-refractivity contribution is 6.30. The first kappa shape index (κ1) is 23.8. The van der Waals surface area contributed by atoms with Crippen LogP contribution < -0.4 is 5.32 Å². The third-order valence-corrected chi connectivity index (χ3v) is 7.48. The summed E-state index contributed by atoms with van der Waals surface area (Å²) in [7, 11) is 0. The second kappa shape index (κ2) is 10.7. The molecule has 0 unspecified atom stereocenters. The van der Waals surface area contributed by atoms with Gasteiger partial charge in [0.2, 0.25) is 11.8 Å². The first-order valence-corrected chi connectivity index (χ1v) is 12.4. The van der Waals surface area contributed by atoms with Crippen LogP contribution in [-0.4, -0.2) is 46.6 Å². The molecule has 2 saturated heterocycles. The van der Waals surface area contributed by atoms with E-state index in [1.165, 1.54) is 0 Å². The van der Waals surface area contributed by atoms with Crippen LogP contribution in [0.2, 0.25) is 5.02 Å². The maximum Gasteiger partial charge on any atom is 0.222 e. The van der Waals surface area contributed by atoms with Crippen molar-refractivity contribution in [3.63, 3.8) is 0 Å². The monoisotopic (exact) mass is 468 g/mol. The zero-order valence-electron chi connectivity index (χ0n) is 19.0. The second-order valence-corrected chi connectivity index (χ2v) is 10.0. The van der Waals surface area contributed by atoms with Gasteiger partial charge >= 0.3 is 0 Å². The molecule has 0 aliphatic carbocycles. The van der Waals surface area contributed by atoms with Crippen LogP contribution in [0, 0.1) is 5.92 Å². The maximum absolute atomic E-state index is 13.0. The predicted octanol–water partition coefficient (Wildman–Crippen LogP) is 4.15. The molecule has 5 nitrogen and oxygen atoms in total. The van der Waals surface area contributed by atoms with Gasteiger partial charge in [0, 0.05) is 36.5 Å². The lowest BCUT2D eigenvalue weighted by molar-refractivity contribution is -0.133. The Labute approximate surface area is 201 Å². The van der Waals surface area contributed by atoms with Crippen LogP contribution in [0.3, 0.4) is 0 Å². The molecule has 6 heteroatoms. The number of halogens is 1. The highest BCUT2D eigenvalue weighted by Gasteiger charge is 2.38. The number of hydrogen-bond acceptors (Lipinski definition) is 3. The SMILES string of the molecule is O=C1CC[C@@](CCC(=O)N2CCC([C@H](O)Cc3ccccc3)CC2)(Cc2ccc(Cl)cc2)N1. The van der Waals surface area contributed by atoms with Gasteiger partial charge in [-0.3, -0.25) is 9.59 Å². The van der Waals surface area contributed by atoms with Crippen molar-refractivity contribution in [1.82, 2.24) is 10.2 Å². The Morgan fingerprint density at radius 1 is 1.09 bits per heavy atom. The van der Waals surface area contributed by atoms with Crippen LogP contribution in [0.1, 0.15) is 49.7 Å². The smallest absolute Gasteiger partial charge is 0.222 e. The summed E-state index contributed by atoms with van der Waals surface area (Å²) >= 11 is 6.01. The Balaban J connectivity index is 1.28. The molecule has 2 amide bonds. The van der Waals surface area contributed by atoms with Gasteiger partial charge in [0.25, 0.3) is 0 Å². The summed E-state index contributed by atoms with van der Waals surface area (Å²) in [6, 6.07) is 17.8. The molecule has 2 aliphatic rings. The van der Waals surface area contributed by atoms with E-state index >= 15 is 0 Å². The van der Waals surface area contributed by atoms with E-state index in [2.05, 4.69) is 5.32 Å². The van der Waals surface area contributed by atoms with Crippen molar-refractivity contribution in [1.29, 1.82) is 0 Å². The first-order chi connectivity index (χ1) is 15.9. The van der Waals surface area contributed by atoms with E-state index in [1.807, 2.05) is 59.5 Å². The van der Waals surface area contributed by atoms with Gasteiger partial charge in [-0.15, -0.1) is 0 Å². The van der Waals surface area contributed by atoms with Gasteiger partial charge in [0.05, 0.1) is 6.10 Å². The number of nitrogens with zero attached hydrogens (tertiary/aromatic N) is 1. The van der Waals surface area contributed by atoms with E-state index in [0.29, 0.717) is 50.2 Å². The van der Waals surface area contributed by atoms with Gasteiger partial charge in [0.1, 0.15) is 0 Å². The molecule has 0 saturated carbocycles. The van der Waals surface area contributed by atoms with Gasteiger partial charge in [-0.05, 0) is 67.7 Å². The lowest BCUT2D eigenvalue weighted by Crippen LogP contribution is -2.46. The Kier molecular flexibility index (Phi) is 7.71. The fraction of sp³-hybridized carbons (Fsp3) is 0.481. The summed E-state index contributed by atoms with van der Waals surface area (Å²) in [5.41, 5.74) is 1.89. The number of carbonyl (C=O) groups is 2. The van der Waals surface area contributed by atoms with Crippen LogP contribution in [0.15, 0.2) is 54.6 Å². The number of nitrogens with one attached hydrogen (secondary N) is 1. The topological polar surface area (TPSA) is 69.6 Å². The molecule has 2 aliphatic heterocycles. The standard InChI is InChI=1S/C27H33ClN2O3/c28-23-8-6-21(7-9-23)19-27(14-10-25(32)29-27)15-11-26(33)30-16-12-22(13-17-30)24(31)18-20-4-2-1-3-5-20/h1-9,22,24,31H,10-19H2,(H,29,32)/t24-,27-/m1/s1. The number of aliphatic hydroxyl groups is 1. The average molecular weight is 469 g/mol. The van der Waals surface area contributed by atoms with Gasteiger partial charge in [-0.2, -0.15) is 0 Å². The van der Waals surface area contributed by atoms with Crippen molar-refractivity contribution in [3.8, 4) is 0 Å². The van der Waals surface area contributed by atoms with Crippen molar-refractivity contribution >= 4 is 23.4 Å². The summed E-state index contributed by atoms with van der Waals surface area (Å²) in [5.74, 6) is 0.423. The minimum Gasteiger partial charge on any atom is -0.392 e. The molecule has 33 heavy (non-hydrogen) atoms. The van der Waals surface area contributed by atoms with E-state index in [1.54, 1.807) is 0 Å². The molecule has 176 valence electrons. The number of amides is 2. The summed E-state index contributed by atoms with van der Waals surface area (Å²) < 4.78 is 0. The number of piperidine rings is 1. The molecular weight excluding hydrogens is 436 g/mol. The minimum absolute atomic E-state index is 0.0598. The van der Waals surface area contributed by atoms with E-state index in [0.717, 1.165) is 30.4 Å². The number of aliphatic hydroxyl groups excluding tert-OH is 1. The molecule has 2 atom stereocenters.